The van der Waals surface area contributed by atoms with Crippen molar-refractivity contribution in [3.8, 4) is 0 Å². The summed E-state index contributed by atoms with van der Waals surface area (Å²) >= 11 is 0. The molecule has 2 amide bonds. The highest BCUT2D eigenvalue weighted by molar-refractivity contribution is 5.78. The normalized spacial score (nSPS) is 20.2. The zero-order chi connectivity index (χ0) is 20.3. The van der Waals surface area contributed by atoms with Crippen LogP contribution in [0.25, 0.3) is 0 Å². The first kappa shape index (κ1) is 20.6. The zero-order valence-electron chi connectivity index (χ0n) is 17.5. The van der Waals surface area contributed by atoms with Crippen LogP contribution in [0.4, 0.5) is 5.69 Å². The number of rotatable bonds is 5. The second kappa shape index (κ2) is 8.90. The average molecular weight is 389 g/mol. The molecule has 0 radical (unpaired) electrons. The van der Waals surface area contributed by atoms with Crippen LogP contribution in [0.5, 0.6) is 0 Å². The molecule has 2 fully saturated rings. The lowest BCUT2D eigenvalue weighted by Crippen LogP contribution is -2.48. The van der Waals surface area contributed by atoms with E-state index in [4.69, 9.17) is 9.72 Å². The summed E-state index contributed by atoms with van der Waals surface area (Å²) in [5.74, 6) is 0.172. The van der Waals surface area contributed by atoms with E-state index < -0.39 is 0 Å². The van der Waals surface area contributed by atoms with Gasteiger partial charge in [0.15, 0.2) is 0 Å². The first-order valence-electron chi connectivity index (χ1n) is 10.2. The lowest BCUT2D eigenvalue weighted by molar-refractivity contribution is -0.138. The van der Waals surface area contributed by atoms with Gasteiger partial charge in [-0.1, -0.05) is 0 Å². The zero-order valence-corrected chi connectivity index (χ0v) is 17.5. The maximum atomic E-state index is 12.6. The minimum Gasteiger partial charge on any atom is -0.369 e. The van der Waals surface area contributed by atoms with Gasteiger partial charge in [-0.15, -0.1) is 0 Å². The summed E-state index contributed by atoms with van der Waals surface area (Å²) in [6.07, 6.45) is 1.96. The van der Waals surface area contributed by atoms with Crippen LogP contribution in [-0.2, 0) is 14.3 Å². The molecule has 154 valence electrons. The van der Waals surface area contributed by atoms with E-state index in [1.807, 2.05) is 30.6 Å². The Bertz CT molecular complexity index is 714. The Balaban J connectivity index is 1.74. The molecular formula is C21H32N4O3. The molecule has 2 aliphatic rings. The molecule has 28 heavy (non-hydrogen) atoms. The number of carbonyl (C=O) groups is 2. The second-order valence-electron chi connectivity index (χ2n) is 7.99. The van der Waals surface area contributed by atoms with Crippen LogP contribution in [0.3, 0.4) is 0 Å². The van der Waals surface area contributed by atoms with Gasteiger partial charge in [0, 0.05) is 51.0 Å². The molecule has 7 nitrogen and oxygen atoms in total. The number of likely N-dealkylation sites (tertiary alicyclic amines) is 1. The summed E-state index contributed by atoms with van der Waals surface area (Å²) < 4.78 is 5.52. The van der Waals surface area contributed by atoms with E-state index in [0.29, 0.717) is 0 Å². The Hall–Kier alpha value is -2.15. The third-order valence-corrected chi connectivity index (χ3v) is 5.50. The fourth-order valence-electron chi connectivity index (χ4n) is 4.00. The summed E-state index contributed by atoms with van der Waals surface area (Å²) in [7, 11) is 0. The molecule has 0 saturated carbocycles. The fraction of sp³-hybridized carbons (Fsp3) is 0.667. The molecule has 2 aliphatic heterocycles. The van der Waals surface area contributed by atoms with Gasteiger partial charge in [0.25, 0.3) is 0 Å². The molecule has 3 rings (SSSR count). The highest BCUT2D eigenvalue weighted by Gasteiger charge is 2.32. The summed E-state index contributed by atoms with van der Waals surface area (Å²) in [5.41, 5.74) is 3.04. The Morgan fingerprint density at radius 2 is 1.89 bits per heavy atom. The van der Waals surface area contributed by atoms with Gasteiger partial charge in [-0.3, -0.25) is 14.6 Å². The van der Waals surface area contributed by atoms with Crippen LogP contribution in [0.1, 0.15) is 51.0 Å². The quantitative estimate of drug-likeness (QED) is 0.773. The summed E-state index contributed by atoms with van der Waals surface area (Å²) in [5, 5.41) is 0. The number of aryl methyl sites for hydroxylation is 1. The number of nitrogens with zero attached hydrogens (tertiary/aromatic N) is 4. The minimum absolute atomic E-state index is 0.0143. The maximum absolute atomic E-state index is 12.6. The van der Waals surface area contributed by atoms with Gasteiger partial charge < -0.3 is 19.4 Å². The Morgan fingerprint density at radius 1 is 1.18 bits per heavy atom. The monoisotopic (exact) mass is 388 g/mol. The predicted octanol–water partition coefficient (Wildman–Crippen LogP) is 2.15. The van der Waals surface area contributed by atoms with E-state index in [1.165, 1.54) is 0 Å². The van der Waals surface area contributed by atoms with Gasteiger partial charge in [0.05, 0.1) is 17.8 Å². The van der Waals surface area contributed by atoms with Gasteiger partial charge in [0.1, 0.15) is 6.61 Å². The summed E-state index contributed by atoms with van der Waals surface area (Å²) in [6.45, 7) is 11.5. The number of carbonyl (C=O) groups excluding carboxylic acids is 2. The first-order chi connectivity index (χ1) is 13.3. The lowest BCUT2D eigenvalue weighted by atomic mass is 10.1. The van der Waals surface area contributed by atoms with Crippen molar-refractivity contribution >= 4 is 17.5 Å². The predicted molar refractivity (Wildman–Crippen MR) is 108 cm³/mol. The van der Waals surface area contributed by atoms with Gasteiger partial charge in [-0.25, -0.2) is 0 Å². The van der Waals surface area contributed by atoms with Crippen molar-refractivity contribution in [1.29, 1.82) is 0 Å². The minimum atomic E-state index is 0.0143. The average Bonchev–Trinajstić information content (AvgIpc) is 3.15. The molecule has 1 unspecified atom stereocenters. The molecule has 1 aromatic heterocycles. The highest BCUT2D eigenvalue weighted by Crippen LogP contribution is 2.33. The number of aromatic nitrogens is 1. The summed E-state index contributed by atoms with van der Waals surface area (Å²) in [6, 6.07) is 4.23. The number of hydrogen-bond donors (Lipinski definition) is 0. The van der Waals surface area contributed by atoms with Crippen LogP contribution in [0.15, 0.2) is 12.1 Å². The number of anilines is 1. The number of hydrogen-bond acceptors (Lipinski definition) is 5. The van der Waals surface area contributed by atoms with Crippen LogP contribution >= 0.6 is 0 Å². The van der Waals surface area contributed by atoms with Gasteiger partial charge in [0.2, 0.25) is 11.8 Å². The van der Waals surface area contributed by atoms with Crippen LogP contribution in [0.2, 0.25) is 0 Å². The number of pyridine rings is 1. The SMILES string of the molecule is CC(=O)N1CCN(c2cc(C)nc(C3CCCN3C(=O)COC(C)C)c2)CC1. The standard InChI is InChI=1S/C21H32N4O3/c1-15(2)28-14-21(27)25-7-5-6-20(25)19-13-18(12-16(3)22-19)24-10-8-23(9-11-24)17(4)26/h12-13,15,20H,5-11,14H2,1-4H3. The largest absolute Gasteiger partial charge is 0.369 e. The molecule has 0 aromatic carbocycles. The molecule has 2 saturated heterocycles. The van der Waals surface area contributed by atoms with E-state index in [1.54, 1.807) is 6.92 Å². The second-order valence-corrected chi connectivity index (χ2v) is 7.99. The van der Waals surface area contributed by atoms with Crippen molar-refractivity contribution in [2.24, 2.45) is 0 Å². The molecule has 1 atom stereocenters. The summed E-state index contributed by atoms with van der Waals surface area (Å²) in [4.78, 5) is 35.1. The molecule has 0 aliphatic carbocycles. The van der Waals surface area contributed by atoms with Crippen molar-refractivity contribution in [3.05, 3.63) is 23.5 Å². The fourth-order valence-corrected chi connectivity index (χ4v) is 4.00. The van der Waals surface area contributed by atoms with Crippen molar-refractivity contribution in [1.82, 2.24) is 14.8 Å². The molecule has 1 aromatic rings. The van der Waals surface area contributed by atoms with Gasteiger partial charge in [-0.2, -0.15) is 0 Å². The Labute approximate surface area is 167 Å². The third kappa shape index (κ3) is 4.82. The molecule has 3 heterocycles. The molecule has 7 heteroatoms. The van der Waals surface area contributed by atoms with E-state index in [2.05, 4.69) is 17.0 Å². The molecule has 0 N–H and O–H groups in total. The number of piperazine rings is 1. The topological polar surface area (TPSA) is 66.0 Å². The van der Waals surface area contributed by atoms with E-state index in [0.717, 1.165) is 62.6 Å². The van der Waals surface area contributed by atoms with E-state index in [-0.39, 0.29) is 30.6 Å². The molecule has 0 spiro atoms. The van der Waals surface area contributed by atoms with Gasteiger partial charge in [-0.05, 0) is 45.7 Å². The number of amides is 2. The van der Waals surface area contributed by atoms with Crippen molar-refractivity contribution < 1.29 is 14.3 Å². The van der Waals surface area contributed by atoms with Crippen molar-refractivity contribution in [2.45, 2.75) is 52.7 Å². The Morgan fingerprint density at radius 3 is 2.54 bits per heavy atom. The maximum Gasteiger partial charge on any atom is 0.249 e. The highest BCUT2D eigenvalue weighted by atomic mass is 16.5. The van der Waals surface area contributed by atoms with Gasteiger partial charge >= 0.3 is 0 Å². The van der Waals surface area contributed by atoms with E-state index >= 15 is 0 Å². The van der Waals surface area contributed by atoms with Crippen molar-refractivity contribution in [3.63, 3.8) is 0 Å². The first-order valence-corrected chi connectivity index (χ1v) is 10.2. The van der Waals surface area contributed by atoms with Crippen LogP contribution < -0.4 is 4.90 Å². The Kier molecular flexibility index (Phi) is 6.54. The van der Waals surface area contributed by atoms with Crippen LogP contribution in [-0.4, -0.2) is 72.0 Å². The van der Waals surface area contributed by atoms with E-state index in [9.17, 15) is 9.59 Å². The smallest absolute Gasteiger partial charge is 0.249 e. The molecule has 0 bridgehead atoms. The molecular weight excluding hydrogens is 356 g/mol. The number of ether oxygens (including phenoxy) is 1. The third-order valence-electron chi connectivity index (χ3n) is 5.50. The van der Waals surface area contributed by atoms with Crippen molar-refractivity contribution in [2.75, 3.05) is 44.2 Å². The van der Waals surface area contributed by atoms with Crippen LogP contribution in [0, 0.1) is 6.92 Å². The lowest BCUT2D eigenvalue weighted by Gasteiger charge is -2.36.